The van der Waals surface area contributed by atoms with E-state index in [1.54, 1.807) is 0 Å². The van der Waals surface area contributed by atoms with E-state index in [2.05, 4.69) is 50.2 Å². The largest absolute Gasteiger partial charge is 0.357 e. The van der Waals surface area contributed by atoms with E-state index in [1.165, 1.54) is 31.9 Å². The molecule has 0 radical (unpaired) electrons. The Hall–Kier alpha value is -0.0500. The number of sulfone groups is 1. The number of nitrogens with zero attached hydrogens (tertiary/aromatic N) is 1. The van der Waals surface area contributed by atoms with Crippen LogP contribution < -0.4 is 10.6 Å². The molecule has 7 heteroatoms. The molecule has 0 aliphatic heterocycles. The molecule has 152 valence electrons. The van der Waals surface area contributed by atoms with E-state index in [0.29, 0.717) is 19.0 Å². The molecule has 0 spiro atoms. The van der Waals surface area contributed by atoms with Gasteiger partial charge in [0.15, 0.2) is 5.96 Å². The van der Waals surface area contributed by atoms with Gasteiger partial charge in [0.2, 0.25) is 0 Å². The molecule has 0 aliphatic rings. The van der Waals surface area contributed by atoms with Gasteiger partial charge in [-0.05, 0) is 32.1 Å². The van der Waals surface area contributed by atoms with Gasteiger partial charge in [0.05, 0.1) is 5.75 Å². The zero-order valence-electron chi connectivity index (χ0n) is 17.0. The summed E-state index contributed by atoms with van der Waals surface area (Å²) in [5.41, 5.74) is -0.129. The predicted octanol–water partition coefficient (Wildman–Crippen LogP) is 3.98. The number of guanidine groups is 1. The van der Waals surface area contributed by atoms with Gasteiger partial charge in [0.25, 0.3) is 0 Å². The SMILES string of the molecule is CCCCCCC(C)NC(=NCC(C)(C)CCS(C)(=O)=O)NCC.I. The van der Waals surface area contributed by atoms with Crippen LogP contribution >= 0.6 is 24.0 Å². The van der Waals surface area contributed by atoms with Crippen molar-refractivity contribution >= 4 is 39.8 Å². The first-order valence-electron chi connectivity index (χ1n) is 9.32. The predicted molar refractivity (Wildman–Crippen MR) is 121 cm³/mol. The van der Waals surface area contributed by atoms with Crippen LogP contribution in [-0.2, 0) is 9.84 Å². The van der Waals surface area contributed by atoms with Crippen LogP contribution in [0.5, 0.6) is 0 Å². The Labute approximate surface area is 173 Å². The molecule has 0 heterocycles. The maximum atomic E-state index is 11.4. The van der Waals surface area contributed by atoms with Crippen molar-refractivity contribution in [2.75, 3.05) is 25.1 Å². The normalized spacial score (nSPS) is 13.9. The summed E-state index contributed by atoms with van der Waals surface area (Å²) in [7, 11) is -2.92. The van der Waals surface area contributed by atoms with Crippen molar-refractivity contribution in [1.29, 1.82) is 0 Å². The third kappa shape index (κ3) is 17.1. The van der Waals surface area contributed by atoms with Crippen molar-refractivity contribution in [2.45, 2.75) is 79.2 Å². The Morgan fingerprint density at radius 3 is 2.32 bits per heavy atom. The average Bonchev–Trinajstić information content (AvgIpc) is 2.47. The van der Waals surface area contributed by atoms with E-state index < -0.39 is 9.84 Å². The van der Waals surface area contributed by atoms with Crippen molar-refractivity contribution in [3.05, 3.63) is 0 Å². The first-order chi connectivity index (χ1) is 11.1. The van der Waals surface area contributed by atoms with Gasteiger partial charge in [-0.15, -0.1) is 24.0 Å². The number of hydrogen-bond donors (Lipinski definition) is 2. The summed E-state index contributed by atoms with van der Waals surface area (Å²) in [4.78, 5) is 4.67. The second-order valence-corrected chi connectivity index (χ2v) is 9.89. The Kier molecular flexibility index (Phi) is 15.3. The molecule has 5 nitrogen and oxygen atoms in total. The minimum atomic E-state index is -2.92. The van der Waals surface area contributed by atoms with Crippen LogP contribution in [0.15, 0.2) is 4.99 Å². The molecule has 0 aromatic rings. The lowest BCUT2D eigenvalue weighted by atomic mass is 9.90. The van der Waals surface area contributed by atoms with E-state index >= 15 is 0 Å². The van der Waals surface area contributed by atoms with E-state index in [9.17, 15) is 8.42 Å². The van der Waals surface area contributed by atoms with Crippen molar-refractivity contribution in [2.24, 2.45) is 10.4 Å². The fourth-order valence-corrected chi connectivity index (χ4v) is 3.26. The van der Waals surface area contributed by atoms with Gasteiger partial charge in [0.1, 0.15) is 9.84 Å². The zero-order valence-corrected chi connectivity index (χ0v) is 20.2. The van der Waals surface area contributed by atoms with E-state index in [1.807, 2.05) is 0 Å². The molecule has 1 atom stereocenters. The van der Waals surface area contributed by atoms with Crippen molar-refractivity contribution < 1.29 is 8.42 Å². The smallest absolute Gasteiger partial charge is 0.191 e. The summed E-state index contributed by atoms with van der Waals surface area (Å²) in [6, 6.07) is 0.388. The maximum Gasteiger partial charge on any atom is 0.191 e. The highest BCUT2D eigenvalue weighted by molar-refractivity contribution is 14.0. The van der Waals surface area contributed by atoms with E-state index in [-0.39, 0.29) is 35.1 Å². The molecule has 25 heavy (non-hydrogen) atoms. The van der Waals surface area contributed by atoms with Crippen molar-refractivity contribution in [3.63, 3.8) is 0 Å². The van der Waals surface area contributed by atoms with Gasteiger partial charge in [-0.3, -0.25) is 4.99 Å². The number of nitrogens with one attached hydrogen (secondary N) is 2. The van der Waals surface area contributed by atoms with Crippen LogP contribution in [0.4, 0.5) is 0 Å². The molecular formula is C18H40IN3O2S. The van der Waals surface area contributed by atoms with Crippen LogP contribution in [-0.4, -0.2) is 45.5 Å². The summed E-state index contributed by atoms with van der Waals surface area (Å²) >= 11 is 0. The summed E-state index contributed by atoms with van der Waals surface area (Å²) < 4.78 is 22.7. The van der Waals surface area contributed by atoms with E-state index in [0.717, 1.165) is 18.9 Å². The summed E-state index contributed by atoms with van der Waals surface area (Å²) in [5.74, 6) is 1.04. The average molecular weight is 490 g/mol. The first-order valence-corrected chi connectivity index (χ1v) is 11.4. The minimum absolute atomic E-state index is 0. The molecule has 2 N–H and O–H groups in total. The number of rotatable bonds is 12. The molecule has 0 saturated carbocycles. The van der Waals surface area contributed by atoms with Gasteiger partial charge in [0, 0.05) is 25.4 Å². The Bertz CT molecular complexity index is 465. The van der Waals surface area contributed by atoms with Gasteiger partial charge in [-0.25, -0.2) is 8.42 Å². The Morgan fingerprint density at radius 2 is 1.80 bits per heavy atom. The molecule has 1 unspecified atom stereocenters. The molecule has 0 bridgehead atoms. The monoisotopic (exact) mass is 489 g/mol. The van der Waals surface area contributed by atoms with Gasteiger partial charge < -0.3 is 10.6 Å². The minimum Gasteiger partial charge on any atom is -0.357 e. The Balaban J connectivity index is 0. The lowest BCUT2D eigenvalue weighted by molar-refractivity contribution is 0.365. The van der Waals surface area contributed by atoms with Crippen LogP contribution in [0, 0.1) is 5.41 Å². The van der Waals surface area contributed by atoms with E-state index in [4.69, 9.17) is 0 Å². The first kappa shape index (κ1) is 27.2. The van der Waals surface area contributed by atoms with Crippen LogP contribution in [0.1, 0.15) is 73.1 Å². The fraction of sp³-hybridized carbons (Fsp3) is 0.944. The molecule has 0 aromatic heterocycles. The molecule has 0 aromatic carbocycles. The van der Waals surface area contributed by atoms with Crippen LogP contribution in [0.3, 0.4) is 0 Å². The summed E-state index contributed by atoms with van der Waals surface area (Å²) in [5, 5.41) is 6.74. The van der Waals surface area contributed by atoms with Crippen molar-refractivity contribution in [1.82, 2.24) is 10.6 Å². The molecule has 0 fully saturated rings. The Morgan fingerprint density at radius 1 is 1.16 bits per heavy atom. The zero-order chi connectivity index (χ0) is 18.6. The van der Waals surface area contributed by atoms with Crippen LogP contribution in [0.25, 0.3) is 0 Å². The fourth-order valence-electron chi connectivity index (χ4n) is 2.34. The lowest BCUT2D eigenvalue weighted by Crippen LogP contribution is -2.42. The second-order valence-electron chi connectivity index (χ2n) is 7.63. The molecule has 0 rings (SSSR count). The quantitative estimate of drug-likeness (QED) is 0.188. The maximum absolute atomic E-state index is 11.4. The topological polar surface area (TPSA) is 70.6 Å². The number of hydrogen-bond acceptors (Lipinski definition) is 3. The van der Waals surface area contributed by atoms with Gasteiger partial charge >= 0.3 is 0 Å². The third-order valence-corrected chi connectivity index (χ3v) is 4.98. The molecule has 0 aliphatic carbocycles. The number of unbranched alkanes of at least 4 members (excludes halogenated alkanes) is 3. The van der Waals surface area contributed by atoms with Gasteiger partial charge in [-0.1, -0.05) is 46.5 Å². The number of halogens is 1. The number of aliphatic imine (C=N–C) groups is 1. The third-order valence-electron chi connectivity index (χ3n) is 4.03. The highest BCUT2D eigenvalue weighted by atomic mass is 127. The second kappa shape index (κ2) is 14.1. The molecule has 0 saturated heterocycles. The summed E-state index contributed by atoms with van der Waals surface area (Å²) in [6.45, 7) is 12.0. The summed E-state index contributed by atoms with van der Waals surface area (Å²) in [6.07, 6.45) is 8.14. The van der Waals surface area contributed by atoms with Gasteiger partial charge in [-0.2, -0.15) is 0 Å². The lowest BCUT2D eigenvalue weighted by Gasteiger charge is -2.24. The molecule has 0 amide bonds. The molecular weight excluding hydrogens is 449 g/mol. The van der Waals surface area contributed by atoms with Crippen molar-refractivity contribution in [3.8, 4) is 0 Å². The highest BCUT2D eigenvalue weighted by Gasteiger charge is 2.20. The van der Waals surface area contributed by atoms with Crippen LogP contribution in [0.2, 0.25) is 0 Å². The standard InChI is InChI=1S/C18H39N3O2S.HI/c1-7-9-10-11-12-16(3)21-17(19-8-2)20-15-18(4,5)13-14-24(6,22)23;/h16H,7-15H2,1-6H3,(H2,19,20,21);1H. The highest BCUT2D eigenvalue weighted by Crippen LogP contribution is 2.21.